The summed E-state index contributed by atoms with van der Waals surface area (Å²) in [5.74, 6) is -1.19. The minimum absolute atomic E-state index is 0.0366. The first-order valence-electron chi connectivity index (χ1n) is 10.7. The second-order valence-electron chi connectivity index (χ2n) is 8.09. The highest BCUT2D eigenvalue weighted by molar-refractivity contribution is 5.98. The lowest BCUT2D eigenvalue weighted by molar-refractivity contribution is 0.0824. The molecule has 10 heteroatoms. The molecule has 0 aliphatic heterocycles. The predicted molar refractivity (Wildman–Crippen MR) is 129 cm³/mol. The number of aromatic hydroxyl groups is 1. The fourth-order valence-electron chi connectivity index (χ4n) is 3.57. The molecule has 3 rings (SSSR count). The number of rotatable bonds is 7. The van der Waals surface area contributed by atoms with E-state index >= 15 is 0 Å². The van der Waals surface area contributed by atoms with E-state index in [1.165, 1.54) is 43.3 Å². The Balaban J connectivity index is 2.14. The second kappa shape index (κ2) is 9.82. The molecule has 1 unspecified atom stereocenters. The molecule has 3 aromatic rings. The maximum atomic E-state index is 13.8. The maximum absolute atomic E-state index is 13.8. The predicted octanol–water partition coefficient (Wildman–Crippen LogP) is 2.94. The summed E-state index contributed by atoms with van der Waals surface area (Å²) in [6, 6.07) is 10.0. The Kier molecular flexibility index (Phi) is 7.09. The molecule has 0 radical (unpaired) electrons. The normalized spacial score (nSPS) is 11.7. The third-order valence-electron chi connectivity index (χ3n) is 5.63. The van der Waals surface area contributed by atoms with Gasteiger partial charge in [0.25, 0.3) is 17.0 Å². The highest BCUT2D eigenvalue weighted by atomic mass is 19.1. The molecule has 0 spiro atoms. The van der Waals surface area contributed by atoms with Crippen molar-refractivity contribution < 1.29 is 14.3 Å². The zero-order valence-corrected chi connectivity index (χ0v) is 19.7. The zero-order valence-electron chi connectivity index (χ0n) is 19.7. The molecule has 9 nitrogen and oxygen atoms in total. The average molecular weight is 470 g/mol. The van der Waals surface area contributed by atoms with Crippen LogP contribution in [-0.2, 0) is 14.1 Å². The molecule has 0 aliphatic rings. The first-order valence-corrected chi connectivity index (χ1v) is 10.7. The summed E-state index contributed by atoms with van der Waals surface area (Å²) in [7, 11) is 6.00. The van der Waals surface area contributed by atoms with E-state index in [0.29, 0.717) is 12.0 Å². The van der Waals surface area contributed by atoms with Crippen LogP contribution in [0.1, 0.15) is 35.3 Å². The van der Waals surface area contributed by atoms with Gasteiger partial charge >= 0.3 is 0 Å². The molecule has 1 heterocycles. The van der Waals surface area contributed by atoms with E-state index < -0.39 is 28.9 Å². The summed E-state index contributed by atoms with van der Waals surface area (Å²) in [6.07, 6.45) is 0.499. The molecular weight excluding hydrogens is 441 g/mol. The molecule has 0 saturated heterocycles. The first kappa shape index (κ1) is 24.6. The van der Waals surface area contributed by atoms with E-state index in [4.69, 9.17) is 0 Å². The molecule has 0 aliphatic carbocycles. The summed E-state index contributed by atoms with van der Waals surface area (Å²) in [5, 5.41) is 16.6. The van der Waals surface area contributed by atoms with Crippen molar-refractivity contribution in [2.24, 2.45) is 14.1 Å². The molecule has 1 amide bonds. The lowest BCUT2D eigenvalue weighted by Crippen LogP contribution is -2.38. The van der Waals surface area contributed by atoms with Gasteiger partial charge in [0.05, 0.1) is 17.3 Å². The molecule has 180 valence electrons. The summed E-state index contributed by atoms with van der Waals surface area (Å²) >= 11 is 0. The topological polar surface area (TPSA) is 109 Å². The summed E-state index contributed by atoms with van der Waals surface area (Å²) < 4.78 is 16.1. The van der Waals surface area contributed by atoms with Crippen LogP contribution >= 0.6 is 0 Å². The molecule has 1 atom stereocenters. The number of phenolic OH excluding ortho intramolecular Hbond substituents is 1. The van der Waals surface area contributed by atoms with E-state index in [-0.39, 0.29) is 28.4 Å². The van der Waals surface area contributed by atoms with Gasteiger partial charge in [0.15, 0.2) is 5.75 Å². The summed E-state index contributed by atoms with van der Waals surface area (Å²) in [4.78, 5) is 40.0. The quantitative estimate of drug-likeness (QED) is 0.459. The number of hydrogen-bond donors (Lipinski definition) is 3. The van der Waals surface area contributed by atoms with E-state index in [1.807, 2.05) is 6.92 Å². The van der Waals surface area contributed by atoms with Crippen LogP contribution in [0.4, 0.5) is 21.5 Å². The Morgan fingerprint density at radius 2 is 1.68 bits per heavy atom. The minimum Gasteiger partial charge on any atom is -0.505 e. The third kappa shape index (κ3) is 4.66. The first-order chi connectivity index (χ1) is 16.1. The second-order valence-corrected chi connectivity index (χ2v) is 8.09. The van der Waals surface area contributed by atoms with E-state index in [2.05, 4.69) is 10.6 Å². The van der Waals surface area contributed by atoms with E-state index in [1.54, 1.807) is 32.3 Å². The zero-order chi connectivity index (χ0) is 25.2. The summed E-state index contributed by atoms with van der Waals surface area (Å²) in [6.45, 7) is 1.86. The number of hydrogen-bond acceptors (Lipinski definition) is 6. The maximum Gasteiger partial charge on any atom is 0.290 e. The number of nitrogens with one attached hydrogen (secondary N) is 2. The third-order valence-corrected chi connectivity index (χ3v) is 5.63. The monoisotopic (exact) mass is 469 g/mol. The van der Waals surface area contributed by atoms with Gasteiger partial charge in [-0.1, -0.05) is 25.1 Å². The van der Waals surface area contributed by atoms with Crippen LogP contribution < -0.4 is 21.8 Å². The average Bonchev–Trinajstić information content (AvgIpc) is 2.81. The van der Waals surface area contributed by atoms with Gasteiger partial charge in [0, 0.05) is 28.2 Å². The van der Waals surface area contributed by atoms with Crippen LogP contribution in [0.5, 0.6) is 5.75 Å². The number of benzene rings is 2. The van der Waals surface area contributed by atoms with Crippen molar-refractivity contribution >= 4 is 23.0 Å². The Hall–Kier alpha value is -4.08. The van der Waals surface area contributed by atoms with Crippen molar-refractivity contribution in [2.75, 3.05) is 24.7 Å². The van der Waals surface area contributed by atoms with Crippen LogP contribution in [0.15, 0.2) is 52.1 Å². The minimum atomic E-state index is -0.539. The Labute approximate surface area is 196 Å². The van der Waals surface area contributed by atoms with Crippen LogP contribution in [0.25, 0.3) is 0 Å². The molecule has 0 saturated carbocycles. The van der Waals surface area contributed by atoms with Gasteiger partial charge in [0.2, 0.25) is 0 Å². The fraction of sp³-hybridized carbons (Fsp3) is 0.292. The van der Waals surface area contributed by atoms with Crippen LogP contribution in [0.3, 0.4) is 0 Å². The van der Waals surface area contributed by atoms with Crippen LogP contribution in [-0.4, -0.2) is 39.4 Å². The number of nitrogens with zero attached hydrogens (tertiary/aromatic N) is 3. The van der Waals surface area contributed by atoms with Gasteiger partial charge in [-0.2, -0.15) is 0 Å². The highest BCUT2D eigenvalue weighted by Gasteiger charge is 2.22. The van der Waals surface area contributed by atoms with Crippen LogP contribution in [0, 0.1) is 5.82 Å². The fourth-order valence-corrected chi connectivity index (χ4v) is 3.57. The van der Waals surface area contributed by atoms with Gasteiger partial charge in [-0.15, -0.1) is 0 Å². The Morgan fingerprint density at radius 1 is 1.06 bits per heavy atom. The molecule has 34 heavy (non-hydrogen) atoms. The number of carbonyl (C=O) groups excluding carboxylic acids is 1. The largest absolute Gasteiger partial charge is 0.505 e. The molecule has 1 aromatic heterocycles. The van der Waals surface area contributed by atoms with Crippen LogP contribution in [0.2, 0.25) is 0 Å². The molecular formula is C24H28FN5O4. The van der Waals surface area contributed by atoms with Gasteiger partial charge in [0.1, 0.15) is 17.2 Å². The number of amides is 1. The lowest BCUT2D eigenvalue weighted by atomic mass is 10.0. The number of phenols is 1. The van der Waals surface area contributed by atoms with Gasteiger partial charge in [-0.3, -0.25) is 14.4 Å². The van der Waals surface area contributed by atoms with E-state index in [9.17, 15) is 23.9 Å². The van der Waals surface area contributed by atoms with Crippen molar-refractivity contribution in [3.8, 4) is 5.75 Å². The number of carbonyl (C=O) groups is 1. The lowest BCUT2D eigenvalue weighted by Gasteiger charge is -2.22. The standard InChI is InChI=1S/C24H28FN5O4/c1-6-17(14-9-7-10-15(25)13-14)26-19-20(24(34)30(5)29(4)23(19)33)27-18-12-8-11-16(21(18)31)22(32)28(2)3/h7-13,17,26-27,31H,6H2,1-5H3. The van der Waals surface area contributed by atoms with Crippen molar-refractivity contribution in [3.05, 3.63) is 80.1 Å². The Morgan fingerprint density at radius 3 is 2.26 bits per heavy atom. The molecule has 2 aromatic carbocycles. The van der Waals surface area contributed by atoms with Crippen molar-refractivity contribution in [1.82, 2.24) is 14.3 Å². The number of anilines is 3. The van der Waals surface area contributed by atoms with Gasteiger partial charge in [-0.05, 0) is 36.2 Å². The van der Waals surface area contributed by atoms with Gasteiger partial charge < -0.3 is 20.6 Å². The molecule has 3 N–H and O–H groups in total. The molecule has 0 bridgehead atoms. The van der Waals surface area contributed by atoms with Crippen molar-refractivity contribution in [1.29, 1.82) is 0 Å². The van der Waals surface area contributed by atoms with Gasteiger partial charge in [-0.25, -0.2) is 13.8 Å². The SMILES string of the molecule is CCC(Nc1c(Nc2cccc(C(=O)N(C)C)c2O)c(=O)n(C)n(C)c1=O)c1cccc(F)c1. The highest BCUT2D eigenvalue weighted by Crippen LogP contribution is 2.32. The molecule has 0 fully saturated rings. The van der Waals surface area contributed by atoms with E-state index in [0.717, 1.165) is 9.36 Å². The Bertz CT molecular complexity index is 1350. The smallest absolute Gasteiger partial charge is 0.290 e. The number of halogens is 1. The summed E-state index contributed by atoms with van der Waals surface area (Å²) in [5.41, 5.74) is -0.452. The van der Waals surface area contributed by atoms with Crippen molar-refractivity contribution in [2.45, 2.75) is 19.4 Å². The number of aromatic nitrogens is 2. The number of para-hydroxylation sites is 1. The van der Waals surface area contributed by atoms with Crippen molar-refractivity contribution in [3.63, 3.8) is 0 Å².